The van der Waals surface area contributed by atoms with Gasteiger partial charge in [-0.05, 0) is 17.7 Å². The van der Waals surface area contributed by atoms with Crippen LogP contribution in [0, 0.1) is 0 Å². The zero-order valence-corrected chi connectivity index (χ0v) is 15.2. The van der Waals surface area contributed by atoms with E-state index >= 15 is 0 Å². The molecular formula is C18H18BrNO4. The number of nitrogens with one attached hydrogen (secondary N) is 1. The minimum absolute atomic E-state index is 0.264. The fraction of sp³-hybridized carbons (Fsp3) is 0.167. The highest BCUT2D eigenvalue weighted by Gasteiger charge is 2.13. The van der Waals surface area contributed by atoms with Gasteiger partial charge in [-0.2, -0.15) is 0 Å². The van der Waals surface area contributed by atoms with Crippen LogP contribution >= 0.6 is 15.9 Å². The highest BCUT2D eigenvalue weighted by atomic mass is 79.9. The van der Waals surface area contributed by atoms with E-state index in [2.05, 4.69) is 21.2 Å². The van der Waals surface area contributed by atoms with Gasteiger partial charge in [-0.25, -0.2) is 0 Å². The summed E-state index contributed by atoms with van der Waals surface area (Å²) in [6.45, 7) is 0. The second-order valence-corrected chi connectivity index (χ2v) is 5.61. The van der Waals surface area contributed by atoms with E-state index in [0.717, 1.165) is 10.0 Å². The molecule has 6 heteroatoms. The molecule has 0 bridgehead atoms. The monoisotopic (exact) mass is 391 g/mol. The normalized spacial score (nSPS) is 10.5. The van der Waals surface area contributed by atoms with Crippen molar-refractivity contribution in [3.63, 3.8) is 0 Å². The second-order valence-electron chi connectivity index (χ2n) is 4.76. The maximum atomic E-state index is 12.1. The fourth-order valence-electron chi connectivity index (χ4n) is 2.11. The molecule has 0 unspecified atom stereocenters. The van der Waals surface area contributed by atoms with Crippen molar-refractivity contribution in [3.05, 3.63) is 52.5 Å². The zero-order valence-electron chi connectivity index (χ0n) is 13.6. The van der Waals surface area contributed by atoms with Crippen LogP contribution in [-0.2, 0) is 4.79 Å². The first-order valence-electron chi connectivity index (χ1n) is 7.12. The molecule has 5 nitrogen and oxygen atoms in total. The lowest BCUT2D eigenvalue weighted by molar-refractivity contribution is -0.111. The van der Waals surface area contributed by atoms with Gasteiger partial charge in [0.2, 0.25) is 11.7 Å². The molecule has 0 aliphatic carbocycles. The summed E-state index contributed by atoms with van der Waals surface area (Å²) in [7, 11) is 4.57. The number of ether oxygens (including phenoxy) is 3. The first-order chi connectivity index (χ1) is 11.6. The van der Waals surface area contributed by atoms with Gasteiger partial charge in [0.1, 0.15) is 0 Å². The van der Waals surface area contributed by atoms with Crippen molar-refractivity contribution >= 4 is 33.6 Å². The molecule has 0 aromatic heterocycles. The summed E-state index contributed by atoms with van der Waals surface area (Å²) in [5.74, 6) is 1.16. The number of carbonyl (C=O) groups is 1. The Hall–Kier alpha value is -2.47. The topological polar surface area (TPSA) is 56.8 Å². The van der Waals surface area contributed by atoms with Crippen LogP contribution < -0.4 is 19.5 Å². The number of hydrogen-bond acceptors (Lipinski definition) is 4. The van der Waals surface area contributed by atoms with E-state index in [1.54, 1.807) is 18.2 Å². The van der Waals surface area contributed by atoms with E-state index in [-0.39, 0.29) is 5.91 Å². The van der Waals surface area contributed by atoms with E-state index < -0.39 is 0 Å². The molecule has 126 valence electrons. The van der Waals surface area contributed by atoms with Gasteiger partial charge in [0.15, 0.2) is 11.5 Å². The van der Waals surface area contributed by atoms with Gasteiger partial charge in [-0.15, -0.1) is 0 Å². The Bertz CT molecular complexity index is 733. The molecule has 2 rings (SSSR count). The zero-order chi connectivity index (χ0) is 17.5. The van der Waals surface area contributed by atoms with Crippen LogP contribution in [0.25, 0.3) is 6.08 Å². The van der Waals surface area contributed by atoms with Gasteiger partial charge in [-0.1, -0.05) is 34.1 Å². The summed E-state index contributed by atoms with van der Waals surface area (Å²) in [6.07, 6.45) is 3.20. The predicted molar refractivity (Wildman–Crippen MR) is 97.9 cm³/mol. The number of benzene rings is 2. The Balaban J connectivity index is 2.18. The number of halogens is 1. The van der Waals surface area contributed by atoms with Crippen molar-refractivity contribution in [2.24, 2.45) is 0 Å². The second kappa shape index (κ2) is 8.40. The Kier molecular flexibility index (Phi) is 6.26. The summed E-state index contributed by atoms with van der Waals surface area (Å²) in [5, 5.41) is 2.78. The number of carbonyl (C=O) groups excluding carboxylic acids is 1. The maximum Gasteiger partial charge on any atom is 0.248 e. The molecule has 0 radical (unpaired) electrons. The first kappa shape index (κ1) is 17.9. The molecule has 0 aliphatic rings. The third kappa shape index (κ3) is 4.29. The maximum absolute atomic E-state index is 12.1. The lowest BCUT2D eigenvalue weighted by Crippen LogP contribution is -2.08. The molecule has 2 aromatic rings. The summed E-state index contributed by atoms with van der Waals surface area (Å²) >= 11 is 3.44. The lowest BCUT2D eigenvalue weighted by atomic mass is 10.2. The average molecular weight is 392 g/mol. The standard InChI is InChI=1S/C18H18BrNO4/c1-22-15-10-13(11-16(23-2)18(15)24-3)20-17(21)9-8-12-6-4-5-7-14(12)19/h4-11H,1-3H3,(H,20,21)/b9-8+. The first-order valence-corrected chi connectivity index (χ1v) is 7.92. The highest BCUT2D eigenvalue weighted by Crippen LogP contribution is 2.39. The summed E-state index contributed by atoms with van der Waals surface area (Å²) in [6, 6.07) is 11.0. The summed E-state index contributed by atoms with van der Waals surface area (Å²) in [5.41, 5.74) is 1.46. The molecule has 0 aliphatic heterocycles. The third-order valence-electron chi connectivity index (χ3n) is 3.25. The Labute approximate surface area is 149 Å². The fourth-order valence-corrected chi connectivity index (χ4v) is 2.53. The number of anilines is 1. The van der Waals surface area contributed by atoms with Gasteiger partial charge in [-0.3, -0.25) is 4.79 Å². The molecule has 0 heterocycles. The van der Waals surface area contributed by atoms with Crippen LogP contribution in [0.3, 0.4) is 0 Å². The molecule has 0 spiro atoms. The molecule has 24 heavy (non-hydrogen) atoms. The van der Waals surface area contributed by atoms with E-state index in [4.69, 9.17) is 14.2 Å². The number of rotatable bonds is 6. The SMILES string of the molecule is COc1cc(NC(=O)/C=C/c2ccccc2Br)cc(OC)c1OC. The minimum atomic E-state index is -0.264. The average Bonchev–Trinajstić information content (AvgIpc) is 2.60. The Morgan fingerprint density at radius 1 is 1.04 bits per heavy atom. The van der Waals surface area contributed by atoms with Crippen molar-refractivity contribution in [2.45, 2.75) is 0 Å². The lowest BCUT2D eigenvalue weighted by Gasteiger charge is -2.14. The number of amides is 1. The van der Waals surface area contributed by atoms with Crippen LogP contribution in [0.15, 0.2) is 46.9 Å². The third-order valence-corrected chi connectivity index (χ3v) is 3.97. The van der Waals surface area contributed by atoms with Gasteiger partial charge >= 0.3 is 0 Å². The smallest absolute Gasteiger partial charge is 0.248 e. The number of hydrogen-bond donors (Lipinski definition) is 1. The van der Waals surface area contributed by atoms with Crippen LogP contribution in [-0.4, -0.2) is 27.2 Å². The van der Waals surface area contributed by atoms with Gasteiger partial charge in [0.05, 0.1) is 21.3 Å². The van der Waals surface area contributed by atoms with E-state index in [1.165, 1.54) is 27.4 Å². The van der Waals surface area contributed by atoms with E-state index in [0.29, 0.717) is 22.9 Å². The molecule has 0 saturated carbocycles. The van der Waals surface area contributed by atoms with Crippen LogP contribution in [0.1, 0.15) is 5.56 Å². The molecule has 0 saturated heterocycles. The summed E-state index contributed by atoms with van der Waals surface area (Å²) in [4.78, 5) is 12.1. The van der Waals surface area contributed by atoms with Crippen LogP contribution in [0.5, 0.6) is 17.2 Å². The van der Waals surface area contributed by atoms with E-state index in [1.807, 2.05) is 24.3 Å². The van der Waals surface area contributed by atoms with Crippen molar-refractivity contribution in [1.29, 1.82) is 0 Å². The molecule has 0 atom stereocenters. The minimum Gasteiger partial charge on any atom is -0.493 e. The van der Waals surface area contributed by atoms with Gasteiger partial charge < -0.3 is 19.5 Å². The van der Waals surface area contributed by atoms with Crippen molar-refractivity contribution in [3.8, 4) is 17.2 Å². The molecule has 1 amide bonds. The Morgan fingerprint density at radius 3 is 2.21 bits per heavy atom. The molecule has 0 fully saturated rings. The largest absolute Gasteiger partial charge is 0.493 e. The number of methoxy groups -OCH3 is 3. The molecular weight excluding hydrogens is 374 g/mol. The van der Waals surface area contributed by atoms with Crippen molar-refractivity contribution in [2.75, 3.05) is 26.6 Å². The van der Waals surface area contributed by atoms with Crippen molar-refractivity contribution < 1.29 is 19.0 Å². The van der Waals surface area contributed by atoms with E-state index in [9.17, 15) is 4.79 Å². The van der Waals surface area contributed by atoms with Crippen molar-refractivity contribution in [1.82, 2.24) is 0 Å². The molecule has 2 aromatic carbocycles. The Morgan fingerprint density at radius 2 is 1.67 bits per heavy atom. The summed E-state index contributed by atoms with van der Waals surface area (Å²) < 4.78 is 16.7. The van der Waals surface area contributed by atoms with Gasteiger partial charge in [0, 0.05) is 28.4 Å². The predicted octanol–water partition coefficient (Wildman–Crippen LogP) is 4.13. The highest BCUT2D eigenvalue weighted by molar-refractivity contribution is 9.10. The van der Waals surface area contributed by atoms with Crippen LogP contribution in [0.4, 0.5) is 5.69 Å². The van der Waals surface area contributed by atoms with Gasteiger partial charge in [0.25, 0.3) is 0 Å². The quantitative estimate of drug-likeness (QED) is 0.752. The molecule has 1 N–H and O–H groups in total. The van der Waals surface area contributed by atoms with Crippen LogP contribution in [0.2, 0.25) is 0 Å².